The summed E-state index contributed by atoms with van der Waals surface area (Å²) in [6.45, 7) is 2.16. The number of thioether (sulfide) groups is 1. The minimum absolute atomic E-state index is 1.24. The van der Waals surface area contributed by atoms with E-state index >= 15 is 0 Å². The van der Waals surface area contributed by atoms with Gasteiger partial charge in [-0.05, 0) is 24.8 Å². The number of rotatable bonds is 1. The molecule has 0 spiro atoms. The summed E-state index contributed by atoms with van der Waals surface area (Å²) in [5.41, 5.74) is 2.59. The molecule has 1 heterocycles. The van der Waals surface area contributed by atoms with Crippen LogP contribution in [0.25, 0.3) is 10.9 Å². The van der Waals surface area contributed by atoms with Gasteiger partial charge < -0.3 is 4.98 Å². The standard InChI is InChI=1S/C10H11NS/c1-7-8-5-3-4-6-9(8)11-10(7)12-2/h3-6,11H,1-2H3. The average molecular weight is 177 g/mol. The molecule has 2 heteroatoms. The van der Waals surface area contributed by atoms with Crippen molar-refractivity contribution in [1.82, 2.24) is 4.98 Å². The van der Waals surface area contributed by atoms with Gasteiger partial charge in [-0.1, -0.05) is 18.2 Å². The number of hydrogen-bond acceptors (Lipinski definition) is 1. The van der Waals surface area contributed by atoms with Crippen molar-refractivity contribution in [2.45, 2.75) is 11.9 Å². The van der Waals surface area contributed by atoms with Crippen molar-refractivity contribution in [2.24, 2.45) is 0 Å². The van der Waals surface area contributed by atoms with Crippen LogP contribution in [0.15, 0.2) is 29.3 Å². The number of fused-ring (bicyclic) bond motifs is 1. The lowest BCUT2D eigenvalue weighted by Gasteiger charge is -1.90. The van der Waals surface area contributed by atoms with Gasteiger partial charge in [0.15, 0.2) is 0 Å². The molecule has 1 N–H and O–H groups in total. The summed E-state index contributed by atoms with van der Waals surface area (Å²) in [7, 11) is 0. The average Bonchev–Trinajstić information content (AvgIpc) is 2.44. The van der Waals surface area contributed by atoms with Crippen LogP contribution in [0.1, 0.15) is 5.56 Å². The van der Waals surface area contributed by atoms with Crippen molar-refractivity contribution in [1.29, 1.82) is 0 Å². The zero-order chi connectivity index (χ0) is 8.55. The second-order valence-electron chi connectivity index (χ2n) is 2.83. The Morgan fingerprint density at radius 2 is 2.00 bits per heavy atom. The van der Waals surface area contributed by atoms with Crippen LogP contribution >= 0.6 is 11.8 Å². The largest absolute Gasteiger partial charge is 0.350 e. The lowest BCUT2D eigenvalue weighted by molar-refractivity contribution is 1.19. The van der Waals surface area contributed by atoms with Crippen molar-refractivity contribution in [3.63, 3.8) is 0 Å². The second kappa shape index (κ2) is 2.87. The van der Waals surface area contributed by atoms with Crippen molar-refractivity contribution >= 4 is 22.7 Å². The number of aromatic amines is 1. The maximum absolute atomic E-state index is 3.38. The van der Waals surface area contributed by atoms with E-state index in [9.17, 15) is 0 Å². The molecule has 0 aliphatic heterocycles. The first-order valence-corrected chi connectivity index (χ1v) is 5.16. The van der Waals surface area contributed by atoms with Gasteiger partial charge in [-0.25, -0.2) is 0 Å². The Bertz CT molecular complexity index is 403. The molecule has 0 saturated heterocycles. The van der Waals surface area contributed by atoms with Crippen LogP contribution in [0, 0.1) is 6.92 Å². The summed E-state index contributed by atoms with van der Waals surface area (Å²) in [5, 5.41) is 2.61. The fourth-order valence-corrected chi connectivity index (χ4v) is 2.09. The summed E-state index contributed by atoms with van der Waals surface area (Å²) >= 11 is 1.77. The predicted molar refractivity (Wildman–Crippen MR) is 54.8 cm³/mol. The van der Waals surface area contributed by atoms with Crippen LogP contribution in [0.4, 0.5) is 0 Å². The predicted octanol–water partition coefficient (Wildman–Crippen LogP) is 3.20. The first-order chi connectivity index (χ1) is 5.83. The van der Waals surface area contributed by atoms with Gasteiger partial charge in [0.2, 0.25) is 0 Å². The van der Waals surface area contributed by atoms with Crippen LogP contribution in [-0.4, -0.2) is 11.2 Å². The number of hydrogen-bond donors (Lipinski definition) is 1. The highest BCUT2D eigenvalue weighted by Gasteiger charge is 2.04. The summed E-state index contributed by atoms with van der Waals surface area (Å²) in [6, 6.07) is 8.40. The van der Waals surface area contributed by atoms with Gasteiger partial charge in [-0.2, -0.15) is 0 Å². The third-order valence-corrected chi connectivity index (χ3v) is 2.94. The monoisotopic (exact) mass is 177 g/mol. The number of benzene rings is 1. The minimum Gasteiger partial charge on any atom is -0.350 e. The number of para-hydroxylation sites is 1. The van der Waals surface area contributed by atoms with E-state index in [4.69, 9.17) is 0 Å². The summed E-state index contributed by atoms with van der Waals surface area (Å²) in [4.78, 5) is 3.38. The Balaban J connectivity index is 2.78. The topological polar surface area (TPSA) is 15.8 Å². The molecule has 0 atom stereocenters. The first-order valence-electron chi connectivity index (χ1n) is 3.94. The lowest BCUT2D eigenvalue weighted by atomic mass is 10.2. The summed E-state index contributed by atoms with van der Waals surface area (Å²) in [6.07, 6.45) is 2.09. The van der Waals surface area contributed by atoms with Gasteiger partial charge in [-0.15, -0.1) is 11.8 Å². The van der Waals surface area contributed by atoms with E-state index in [1.54, 1.807) is 11.8 Å². The molecule has 0 fully saturated rings. The van der Waals surface area contributed by atoms with Gasteiger partial charge >= 0.3 is 0 Å². The zero-order valence-electron chi connectivity index (χ0n) is 7.22. The highest BCUT2D eigenvalue weighted by molar-refractivity contribution is 7.98. The molecule has 0 amide bonds. The van der Waals surface area contributed by atoms with E-state index in [0.29, 0.717) is 0 Å². The van der Waals surface area contributed by atoms with Gasteiger partial charge in [0, 0.05) is 10.9 Å². The molecular formula is C10H11NS. The molecule has 0 radical (unpaired) electrons. The van der Waals surface area contributed by atoms with E-state index in [1.807, 2.05) is 0 Å². The lowest BCUT2D eigenvalue weighted by Crippen LogP contribution is -1.70. The Labute approximate surface area is 76.2 Å². The summed E-state index contributed by atoms with van der Waals surface area (Å²) < 4.78 is 0. The van der Waals surface area contributed by atoms with Crippen molar-refractivity contribution in [3.8, 4) is 0 Å². The van der Waals surface area contributed by atoms with E-state index in [1.165, 1.54) is 21.5 Å². The molecule has 0 unspecified atom stereocenters. The molecule has 62 valence electrons. The Kier molecular flexibility index (Phi) is 1.85. The molecule has 1 aromatic heterocycles. The van der Waals surface area contributed by atoms with Gasteiger partial charge in [0.05, 0.1) is 5.03 Å². The Morgan fingerprint density at radius 3 is 2.67 bits per heavy atom. The number of aryl methyl sites for hydroxylation is 1. The molecule has 0 bridgehead atoms. The normalized spacial score (nSPS) is 10.8. The van der Waals surface area contributed by atoms with Crippen LogP contribution in [0.3, 0.4) is 0 Å². The fraction of sp³-hybridized carbons (Fsp3) is 0.200. The number of nitrogens with one attached hydrogen (secondary N) is 1. The van der Waals surface area contributed by atoms with E-state index in [2.05, 4.69) is 42.4 Å². The maximum atomic E-state index is 3.38. The molecule has 1 nitrogen and oxygen atoms in total. The highest BCUT2D eigenvalue weighted by atomic mass is 32.2. The van der Waals surface area contributed by atoms with Crippen molar-refractivity contribution < 1.29 is 0 Å². The van der Waals surface area contributed by atoms with Crippen molar-refractivity contribution in [2.75, 3.05) is 6.26 Å². The van der Waals surface area contributed by atoms with Crippen LogP contribution < -0.4 is 0 Å². The molecule has 2 aromatic rings. The van der Waals surface area contributed by atoms with E-state index < -0.39 is 0 Å². The third kappa shape index (κ3) is 1.03. The first kappa shape index (κ1) is 7.74. The highest BCUT2D eigenvalue weighted by Crippen LogP contribution is 2.26. The Hall–Kier alpha value is -0.890. The zero-order valence-corrected chi connectivity index (χ0v) is 8.03. The molecule has 0 aliphatic rings. The van der Waals surface area contributed by atoms with Gasteiger partial charge in [-0.3, -0.25) is 0 Å². The van der Waals surface area contributed by atoms with Crippen LogP contribution in [-0.2, 0) is 0 Å². The molecular weight excluding hydrogens is 166 g/mol. The SMILES string of the molecule is CSc1[nH]c2ccccc2c1C. The van der Waals surface area contributed by atoms with Crippen LogP contribution in [0.5, 0.6) is 0 Å². The Morgan fingerprint density at radius 1 is 1.25 bits per heavy atom. The fourth-order valence-electron chi connectivity index (χ4n) is 1.46. The molecule has 1 aromatic carbocycles. The molecule has 0 aliphatic carbocycles. The second-order valence-corrected chi connectivity index (χ2v) is 3.65. The number of H-pyrrole nitrogens is 1. The minimum atomic E-state index is 1.24. The maximum Gasteiger partial charge on any atom is 0.0759 e. The molecule has 0 saturated carbocycles. The van der Waals surface area contributed by atoms with Crippen LogP contribution in [0.2, 0.25) is 0 Å². The molecule has 12 heavy (non-hydrogen) atoms. The molecule has 2 rings (SSSR count). The summed E-state index contributed by atoms with van der Waals surface area (Å²) in [5.74, 6) is 0. The van der Waals surface area contributed by atoms with E-state index in [0.717, 1.165) is 0 Å². The van der Waals surface area contributed by atoms with Gasteiger partial charge in [0.25, 0.3) is 0 Å². The van der Waals surface area contributed by atoms with Crippen molar-refractivity contribution in [3.05, 3.63) is 29.8 Å². The smallest absolute Gasteiger partial charge is 0.0759 e. The van der Waals surface area contributed by atoms with Gasteiger partial charge in [0.1, 0.15) is 0 Å². The van der Waals surface area contributed by atoms with E-state index in [-0.39, 0.29) is 0 Å². The number of aromatic nitrogens is 1. The third-order valence-electron chi connectivity index (χ3n) is 2.12. The quantitative estimate of drug-likeness (QED) is 0.661.